The third-order valence-corrected chi connectivity index (χ3v) is 5.60. The number of halogens is 1. The van der Waals surface area contributed by atoms with E-state index in [1.807, 2.05) is 11.5 Å². The summed E-state index contributed by atoms with van der Waals surface area (Å²) in [5.74, 6) is -0.857. The van der Waals surface area contributed by atoms with E-state index < -0.39 is 5.97 Å². The Balaban J connectivity index is 1.86. The smallest absolute Gasteiger partial charge is 0.303 e. The summed E-state index contributed by atoms with van der Waals surface area (Å²) in [4.78, 5) is 27.8. The molecular weight excluding hydrogens is 395 g/mol. The number of carboxylic acid groups (broad SMARTS) is 1. The van der Waals surface area contributed by atoms with Crippen molar-refractivity contribution in [2.75, 3.05) is 0 Å². The Bertz CT molecular complexity index is 1020. The van der Waals surface area contributed by atoms with Crippen LogP contribution in [0.15, 0.2) is 52.8 Å². The van der Waals surface area contributed by atoms with Crippen molar-refractivity contribution in [3.05, 3.63) is 75.7 Å². The number of hydrogen-bond donors (Lipinski definition) is 2. The zero-order chi connectivity index (χ0) is 20.8. The molecule has 7 nitrogen and oxygen atoms in total. The molecule has 3 aromatic rings. The molecule has 0 saturated heterocycles. The number of carboxylic acids is 1. The molecule has 1 atom stereocenters. The van der Waals surface area contributed by atoms with E-state index in [1.165, 1.54) is 23.9 Å². The molecule has 0 amide bonds. The number of aromatic nitrogens is 4. The fourth-order valence-corrected chi connectivity index (χ4v) is 3.82. The summed E-state index contributed by atoms with van der Waals surface area (Å²) in [5.41, 5.74) is 1.97. The maximum Gasteiger partial charge on any atom is 0.303 e. The van der Waals surface area contributed by atoms with E-state index in [9.17, 15) is 14.0 Å². The first-order valence-corrected chi connectivity index (χ1v) is 10.1. The van der Waals surface area contributed by atoms with Gasteiger partial charge in [0.1, 0.15) is 5.82 Å². The third-order valence-electron chi connectivity index (χ3n) is 4.54. The molecule has 1 unspecified atom stereocenters. The molecule has 2 aromatic heterocycles. The van der Waals surface area contributed by atoms with Gasteiger partial charge in [-0.1, -0.05) is 30.8 Å². The van der Waals surface area contributed by atoms with Gasteiger partial charge in [0.2, 0.25) is 0 Å². The van der Waals surface area contributed by atoms with Crippen LogP contribution in [-0.2, 0) is 17.1 Å². The number of H-pyrrole nitrogens is 1. The Morgan fingerprint density at radius 1 is 1.34 bits per heavy atom. The van der Waals surface area contributed by atoms with Gasteiger partial charge in [-0.25, -0.2) is 4.39 Å². The number of benzene rings is 1. The maximum atomic E-state index is 13.1. The Labute approximate surface area is 171 Å². The summed E-state index contributed by atoms with van der Waals surface area (Å²) >= 11 is 1.36. The van der Waals surface area contributed by atoms with Crippen LogP contribution in [0.3, 0.4) is 0 Å². The number of aromatic amines is 1. The molecule has 152 valence electrons. The normalized spacial score (nSPS) is 12.1. The molecule has 0 radical (unpaired) electrons. The zero-order valence-electron chi connectivity index (χ0n) is 15.8. The Kier molecular flexibility index (Phi) is 6.82. The summed E-state index contributed by atoms with van der Waals surface area (Å²) in [6.45, 7) is 2.33. The first-order valence-electron chi connectivity index (χ1n) is 9.13. The average Bonchev–Trinajstić information content (AvgIpc) is 3.23. The number of thioether (sulfide) groups is 1. The minimum absolute atomic E-state index is 0.0286. The summed E-state index contributed by atoms with van der Waals surface area (Å²) in [6, 6.07) is 6.15. The van der Waals surface area contributed by atoms with Crippen molar-refractivity contribution in [1.82, 2.24) is 19.7 Å². The summed E-state index contributed by atoms with van der Waals surface area (Å²) < 4.78 is 14.9. The minimum atomic E-state index is -0.869. The topological polar surface area (TPSA) is 101 Å². The Morgan fingerprint density at radius 3 is 2.76 bits per heavy atom. The maximum absolute atomic E-state index is 13.1. The zero-order valence-corrected chi connectivity index (χ0v) is 16.7. The quantitative estimate of drug-likeness (QED) is 0.409. The van der Waals surface area contributed by atoms with E-state index in [2.05, 4.69) is 15.2 Å². The number of carbonyl (C=O) groups is 1. The predicted molar refractivity (Wildman–Crippen MR) is 107 cm³/mol. The van der Waals surface area contributed by atoms with E-state index in [0.29, 0.717) is 29.4 Å². The molecule has 2 heterocycles. The lowest BCUT2D eigenvalue weighted by molar-refractivity contribution is -0.137. The van der Waals surface area contributed by atoms with Crippen molar-refractivity contribution in [2.45, 2.75) is 43.1 Å². The first-order chi connectivity index (χ1) is 13.9. The lowest BCUT2D eigenvalue weighted by Gasteiger charge is -2.16. The lowest BCUT2D eigenvalue weighted by Crippen LogP contribution is -2.21. The first kappa shape index (κ1) is 20.8. The van der Waals surface area contributed by atoms with Gasteiger partial charge in [-0.15, -0.1) is 0 Å². The molecule has 0 bridgehead atoms. The van der Waals surface area contributed by atoms with Crippen molar-refractivity contribution in [2.24, 2.45) is 0 Å². The van der Waals surface area contributed by atoms with Crippen LogP contribution in [0.4, 0.5) is 4.39 Å². The molecule has 0 aliphatic carbocycles. The highest BCUT2D eigenvalue weighted by molar-refractivity contribution is 7.98. The van der Waals surface area contributed by atoms with Gasteiger partial charge in [-0.3, -0.25) is 14.7 Å². The van der Waals surface area contributed by atoms with Gasteiger partial charge < -0.3 is 9.67 Å². The fraction of sp³-hybridized carbons (Fsp3) is 0.300. The van der Waals surface area contributed by atoms with Crippen LogP contribution in [0.25, 0.3) is 0 Å². The lowest BCUT2D eigenvalue weighted by atomic mass is 9.98. The van der Waals surface area contributed by atoms with Gasteiger partial charge in [0, 0.05) is 42.6 Å². The second kappa shape index (κ2) is 9.51. The summed E-state index contributed by atoms with van der Waals surface area (Å²) in [5, 5.41) is 16.1. The van der Waals surface area contributed by atoms with E-state index in [1.54, 1.807) is 30.7 Å². The van der Waals surface area contributed by atoms with Crippen LogP contribution in [0, 0.1) is 5.82 Å². The molecule has 0 saturated carbocycles. The van der Waals surface area contributed by atoms with E-state index in [0.717, 1.165) is 11.1 Å². The second-order valence-corrected chi connectivity index (χ2v) is 7.59. The Hall–Kier alpha value is -2.94. The average molecular weight is 416 g/mol. The van der Waals surface area contributed by atoms with Gasteiger partial charge in [-0.2, -0.15) is 10.1 Å². The molecular formula is C20H21FN4O3S. The van der Waals surface area contributed by atoms with Crippen LogP contribution >= 0.6 is 11.8 Å². The van der Waals surface area contributed by atoms with Gasteiger partial charge in [0.05, 0.1) is 6.20 Å². The predicted octanol–water partition coefficient (Wildman–Crippen LogP) is 3.41. The fourth-order valence-electron chi connectivity index (χ4n) is 2.87. The number of aryl methyl sites for hydroxylation is 1. The van der Waals surface area contributed by atoms with E-state index >= 15 is 0 Å². The monoisotopic (exact) mass is 416 g/mol. The highest BCUT2D eigenvalue weighted by atomic mass is 32.2. The molecule has 2 N–H and O–H groups in total. The van der Waals surface area contributed by atoms with Crippen LogP contribution in [0.2, 0.25) is 0 Å². The summed E-state index contributed by atoms with van der Waals surface area (Å²) in [6.07, 6.45) is 5.60. The van der Waals surface area contributed by atoms with E-state index in [4.69, 9.17) is 5.11 Å². The molecule has 3 rings (SSSR count). The standard InChI is InChI=1S/C20H21FN4O3S/c1-13(15-9-22-23-10-15)17-11-25(8-2-3-18(26)27)20(24-19(17)28)29-12-14-4-6-16(21)7-5-14/h4-7,9-11,13H,2-3,8,12H2,1H3,(H,22,23)(H,26,27). The number of rotatable bonds is 9. The number of nitrogens with one attached hydrogen (secondary N) is 1. The van der Waals surface area contributed by atoms with Gasteiger partial charge in [-0.05, 0) is 29.7 Å². The van der Waals surface area contributed by atoms with Crippen molar-refractivity contribution in [1.29, 1.82) is 0 Å². The molecule has 9 heteroatoms. The van der Waals surface area contributed by atoms with Crippen LogP contribution < -0.4 is 5.56 Å². The van der Waals surface area contributed by atoms with Crippen molar-refractivity contribution in [3.63, 3.8) is 0 Å². The molecule has 0 spiro atoms. The summed E-state index contributed by atoms with van der Waals surface area (Å²) in [7, 11) is 0. The number of nitrogens with zero attached hydrogens (tertiary/aromatic N) is 3. The van der Waals surface area contributed by atoms with Crippen molar-refractivity contribution in [3.8, 4) is 0 Å². The van der Waals surface area contributed by atoms with Crippen LogP contribution in [0.5, 0.6) is 0 Å². The van der Waals surface area contributed by atoms with Gasteiger partial charge >= 0.3 is 5.97 Å². The number of aliphatic carboxylic acids is 1. The van der Waals surface area contributed by atoms with Gasteiger partial charge in [0.15, 0.2) is 5.16 Å². The van der Waals surface area contributed by atoms with Crippen molar-refractivity contribution >= 4 is 17.7 Å². The molecule has 1 aromatic carbocycles. The number of hydrogen-bond acceptors (Lipinski definition) is 5. The van der Waals surface area contributed by atoms with E-state index in [-0.39, 0.29) is 23.7 Å². The highest BCUT2D eigenvalue weighted by Gasteiger charge is 2.17. The van der Waals surface area contributed by atoms with Crippen LogP contribution in [-0.4, -0.2) is 30.8 Å². The molecule has 0 fully saturated rings. The van der Waals surface area contributed by atoms with Gasteiger partial charge in [0.25, 0.3) is 5.56 Å². The molecule has 0 aliphatic rings. The molecule has 29 heavy (non-hydrogen) atoms. The Morgan fingerprint density at radius 2 is 2.10 bits per heavy atom. The van der Waals surface area contributed by atoms with Crippen molar-refractivity contribution < 1.29 is 14.3 Å². The largest absolute Gasteiger partial charge is 0.481 e. The molecule has 0 aliphatic heterocycles. The highest BCUT2D eigenvalue weighted by Crippen LogP contribution is 2.24. The SMILES string of the molecule is CC(c1cn[nH]c1)c1cn(CCCC(=O)O)c(SCc2ccc(F)cc2)nc1=O. The third kappa shape index (κ3) is 5.54. The van der Waals surface area contributed by atoms with Crippen LogP contribution in [0.1, 0.15) is 42.4 Å². The second-order valence-electron chi connectivity index (χ2n) is 6.64. The minimum Gasteiger partial charge on any atom is -0.481 e.